The normalized spacial score (nSPS) is 14.6. The zero-order valence-electron chi connectivity index (χ0n) is 6.13. The van der Waals surface area contributed by atoms with E-state index < -0.39 is 11.9 Å². The SMILES string of the molecule is O=C1NCc2cccc(F)c2O1. The molecule has 1 aliphatic rings. The van der Waals surface area contributed by atoms with Crippen LogP contribution in [0.3, 0.4) is 0 Å². The van der Waals surface area contributed by atoms with E-state index in [0.717, 1.165) is 0 Å². The molecule has 0 radical (unpaired) electrons. The largest absolute Gasteiger partial charge is 0.412 e. The Morgan fingerprint density at radius 1 is 1.50 bits per heavy atom. The Hall–Kier alpha value is -1.58. The Kier molecular flexibility index (Phi) is 1.46. The second-order valence-corrected chi connectivity index (χ2v) is 2.47. The van der Waals surface area contributed by atoms with E-state index in [1.165, 1.54) is 6.07 Å². The fourth-order valence-electron chi connectivity index (χ4n) is 1.10. The fourth-order valence-corrected chi connectivity index (χ4v) is 1.10. The summed E-state index contributed by atoms with van der Waals surface area (Å²) in [4.78, 5) is 10.7. The molecular weight excluding hydrogens is 161 g/mol. The van der Waals surface area contributed by atoms with Gasteiger partial charge in [0.25, 0.3) is 0 Å². The van der Waals surface area contributed by atoms with Gasteiger partial charge >= 0.3 is 6.09 Å². The predicted molar refractivity (Wildman–Crippen MR) is 39.3 cm³/mol. The highest BCUT2D eigenvalue weighted by Crippen LogP contribution is 2.24. The maximum atomic E-state index is 12.9. The first-order valence-electron chi connectivity index (χ1n) is 3.50. The van der Waals surface area contributed by atoms with Crippen molar-refractivity contribution >= 4 is 6.09 Å². The first-order valence-corrected chi connectivity index (χ1v) is 3.50. The van der Waals surface area contributed by atoms with Crippen molar-refractivity contribution in [3.8, 4) is 5.75 Å². The molecule has 1 aliphatic heterocycles. The number of benzene rings is 1. The van der Waals surface area contributed by atoms with E-state index in [1.807, 2.05) is 0 Å². The van der Waals surface area contributed by atoms with Crippen LogP contribution in [0.15, 0.2) is 18.2 Å². The third-order valence-corrected chi connectivity index (χ3v) is 1.67. The molecule has 0 unspecified atom stereocenters. The standard InChI is InChI=1S/C8H6FNO2/c9-6-3-1-2-5-4-10-8(11)12-7(5)6/h1-3H,4H2,(H,10,11). The summed E-state index contributed by atoms with van der Waals surface area (Å²) in [6, 6.07) is 4.55. The van der Waals surface area contributed by atoms with Gasteiger partial charge in [0.15, 0.2) is 11.6 Å². The number of fused-ring (bicyclic) bond motifs is 1. The van der Waals surface area contributed by atoms with Crippen LogP contribution in [0.5, 0.6) is 5.75 Å². The minimum Gasteiger partial charge on any atom is -0.407 e. The minimum atomic E-state index is -0.604. The molecule has 2 rings (SSSR count). The number of rotatable bonds is 0. The zero-order chi connectivity index (χ0) is 8.55. The number of halogens is 1. The fraction of sp³-hybridized carbons (Fsp3) is 0.125. The van der Waals surface area contributed by atoms with Gasteiger partial charge in [0.1, 0.15) is 0 Å². The van der Waals surface area contributed by atoms with Crippen molar-refractivity contribution in [1.29, 1.82) is 0 Å². The molecule has 3 nitrogen and oxygen atoms in total. The van der Waals surface area contributed by atoms with Gasteiger partial charge in [-0.3, -0.25) is 0 Å². The second kappa shape index (κ2) is 2.48. The van der Waals surface area contributed by atoms with Gasteiger partial charge in [-0.05, 0) is 6.07 Å². The smallest absolute Gasteiger partial charge is 0.407 e. The van der Waals surface area contributed by atoms with Crippen molar-refractivity contribution in [3.63, 3.8) is 0 Å². The van der Waals surface area contributed by atoms with Crippen LogP contribution < -0.4 is 10.1 Å². The van der Waals surface area contributed by atoms with Crippen molar-refractivity contribution in [3.05, 3.63) is 29.6 Å². The van der Waals surface area contributed by atoms with Crippen molar-refractivity contribution in [1.82, 2.24) is 5.32 Å². The lowest BCUT2D eigenvalue weighted by Gasteiger charge is -2.16. The van der Waals surface area contributed by atoms with Gasteiger partial charge < -0.3 is 10.1 Å². The Morgan fingerprint density at radius 2 is 2.33 bits per heavy atom. The highest BCUT2D eigenvalue weighted by Gasteiger charge is 2.18. The van der Waals surface area contributed by atoms with Crippen molar-refractivity contribution in [2.24, 2.45) is 0 Å². The predicted octanol–water partition coefficient (Wildman–Crippen LogP) is 1.43. The van der Waals surface area contributed by atoms with Crippen molar-refractivity contribution in [2.45, 2.75) is 6.54 Å². The van der Waals surface area contributed by atoms with Gasteiger partial charge in [0.05, 0.1) is 0 Å². The summed E-state index contributed by atoms with van der Waals surface area (Å²) < 4.78 is 17.6. The number of hydrogen-bond acceptors (Lipinski definition) is 2. The molecule has 0 bridgehead atoms. The van der Waals surface area contributed by atoms with Crippen molar-refractivity contribution in [2.75, 3.05) is 0 Å². The van der Waals surface area contributed by atoms with E-state index in [0.29, 0.717) is 12.1 Å². The topological polar surface area (TPSA) is 38.3 Å². The number of para-hydroxylation sites is 1. The third-order valence-electron chi connectivity index (χ3n) is 1.67. The molecule has 4 heteroatoms. The summed E-state index contributed by atoms with van der Waals surface area (Å²) in [7, 11) is 0. The lowest BCUT2D eigenvalue weighted by Crippen LogP contribution is -2.31. The number of carbonyl (C=O) groups excluding carboxylic acids is 1. The van der Waals surface area contributed by atoms with Gasteiger partial charge in [-0.15, -0.1) is 0 Å². The average Bonchev–Trinajstić information content (AvgIpc) is 2.07. The Labute approximate surface area is 68.1 Å². The second-order valence-electron chi connectivity index (χ2n) is 2.47. The number of nitrogens with one attached hydrogen (secondary N) is 1. The molecular formula is C8H6FNO2. The molecule has 0 aromatic heterocycles. The summed E-state index contributed by atoms with van der Waals surface area (Å²) in [5, 5.41) is 2.44. The molecule has 12 heavy (non-hydrogen) atoms. The highest BCUT2D eigenvalue weighted by atomic mass is 19.1. The van der Waals surface area contributed by atoms with Crippen molar-refractivity contribution < 1.29 is 13.9 Å². The summed E-state index contributed by atoms with van der Waals surface area (Å²) in [5.74, 6) is -0.455. The zero-order valence-corrected chi connectivity index (χ0v) is 6.13. The van der Waals surface area contributed by atoms with Crippen LogP contribution in [0.1, 0.15) is 5.56 Å². The van der Waals surface area contributed by atoms with E-state index in [1.54, 1.807) is 12.1 Å². The van der Waals surface area contributed by atoms with E-state index in [4.69, 9.17) is 0 Å². The van der Waals surface area contributed by atoms with Gasteiger partial charge in [0, 0.05) is 12.1 Å². The molecule has 0 aliphatic carbocycles. The maximum absolute atomic E-state index is 12.9. The van der Waals surface area contributed by atoms with Gasteiger partial charge in [-0.25, -0.2) is 9.18 Å². The monoisotopic (exact) mass is 167 g/mol. The van der Waals surface area contributed by atoms with E-state index in [-0.39, 0.29) is 5.75 Å². The van der Waals surface area contributed by atoms with Crippen LogP contribution in [-0.2, 0) is 6.54 Å². The number of hydrogen-bond donors (Lipinski definition) is 1. The van der Waals surface area contributed by atoms with E-state index in [9.17, 15) is 9.18 Å². The van der Waals surface area contributed by atoms with E-state index >= 15 is 0 Å². The van der Waals surface area contributed by atoms with Crippen LogP contribution in [-0.4, -0.2) is 6.09 Å². The molecule has 1 amide bonds. The Morgan fingerprint density at radius 3 is 3.17 bits per heavy atom. The Bertz CT molecular complexity index is 338. The molecule has 1 heterocycles. The van der Waals surface area contributed by atoms with Crippen LogP contribution in [0.2, 0.25) is 0 Å². The van der Waals surface area contributed by atoms with Gasteiger partial charge in [0.2, 0.25) is 0 Å². The lowest BCUT2D eigenvalue weighted by atomic mass is 10.2. The molecule has 1 aromatic rings. The molecule has 62 valence electrons. The molecule has 0 atom stereocenters. The molecule has 0 spiro atoms. The van der Waals surface area contributed by atoms with Gasteiger partial charge in [-0.2, -0.15) is 0 Å². The number of ether oxygens (including phenoxy) is 1. The van der Waals surface area contributed by atoms with E-state index in [2.05, 4.69) is 10.1 Å². The minimum absolute atomic E-state index is 0.0428. The quantitative estimate of drug-likeness (QED) is 0.634. The molecule has 0 saturated heterocycles. The van der Waals surface area contributed by atoms with Gasteiger partial charge in [-0.1, -0.05) is 12.1 Å². The van der Waals surface area contributed by atoms with Crippen LogP contribution in [0, 0.1) is 5.82 Å². The van der Waals surface area contributed by atoms with Crippen LogP contribution >= 0.6 is 0 Å². The first kappa shape index (κ1) is 7.09. The highest BCUT2D eigenvalue weighted by molar-refractivity contribution is 5.73. The number of amides is 1. The summed E-state index contributed by atoms with van der Waals surface area (Å²) in [6.07, 6.45) is -0.604. The summed E-state index contributed by atoms with van der Waals surface area (Å²) >= 11 is 0. The average molecular weight is 167 g/mol. The summed E-state index contributed by atoms with van der Waals surface area (Å²) in [6.45, 7) is 0.325. The number of carbonyl (C=O) groups is 1. The lowest BCUT2D eigenvalue weighted by molar-refractivity contribution is 0.192. The summed E-state index contributed by atoms with van der Waals surface area (Å²) in [5.41, 5.74) is 0.662. The Balaban J connectivity index is 2.50. The molecule has 0 fully saturated rings. The van der Waals surface area contributed by atoms with Crippen LogP contribution in [0.4, 0.5) is 9.18 Å². The molecule has 0 saturated carbocycles. The molecule has 1 aromatic carbocycles. The maximum Gasteiger partial charge on any atom is 0.412 e. The third kappa shape index (κ3) is 1.01. The first-order chi connectivity index (χ1) is 5.77. The molecule has 1 N–H and O–H groups in total. The van der Waals surface area contributed by atoms with Crippen LogP contribution in [0.25, 0.3) is 0 Å².